The Hall–Kier alpha value is -2.91. The third kappa shape index (κ3) is 6.80. The molecule has 0 N–H and O–H groups in total. The number of hydrogen-bond acceptors (Lipinski definition) is 5. The highest BCUT2D eigenvalue weighted by molar-refractivity contribution is 7.87. The molecule has 0 saturated carbocycles. The van der Waals surface area contributed by atoms with Crippen molar-refractivity contribution in [1.29, 1.82) is 5.26 Å². The number of rotatable bonds is 11. The van der Waals surface area contributed by atoms with Gasteiger partial charge in [0.1, 0.15) is 11.6 Å². The Morgan fingerprint density at radius 3 is 1.97 bits per heavy atom. The summed E-state index contributed by atoms with van der Waals surface area (Å²) in [7, 11) is -4.18. The van der Waals surface area contributed by atoms with E-state index in [1.165, 1.54) is 0 Å². The van der Waals surface area contributed by atoms with Crippen LogP contribution in [0.2, 0.25) is 0 Å². The van der Waals surface area contributed by atoms with E-state index in [1.807, 2.05) is 25.1 Å². The molecule has 2 atom stereocenters. The summed E-state index contributed by atoms with van der Waals surface area (Å²) < 4.78 is 30.6. The Morgan fingerprint density at radius 2 is 1.53 bits per heavy atom. The lowest BCUT2D eigenvalue weighted by Gasteiger charge is -2.19. The number of nitrogens with zero attached hydrogens (tertiary/aromatic N) is 1. The fraction of sp³-hybridized carbons (Fsp3) is 0.385. The SMILES string of the molecule is CCCCC(CC)CC(C)S(=O)(=O)OC(=O)C(C#N)=C(c1ccccc1)c1ccccc1. The van der Waals surface area contributed by atoms with Crippen molar-refractivity contribution in [3.63, 3.8) is 0 Å². The molecule has 0 spiro atoms. The van der Waals surface area contributed by atoms with Gasteiger partial charge in [-0.05, 0) is 30.4 Å². The molecule has 0 bridgehead atoms. The standard InChI is InChI=1S/C26H31NO4S/c1-4-6-13-21(5-2)18-20(3)32(29,30)31-26(28)24(19-27)25(22-14-9-7-10-15-22)23-16-11-8-12-17-23/h7-12,14-17,20-21H,4-6,13,18H2,1-3H3. The van der Waals surface area contributed by atoms with Crippen molar-refractivity contribution in [2.75, 3.05) is 0 Å². The Balaban J connectivity index is 2.37. The number of carbonyl (C=O) groups excluding carboxylic acids is 1. The Bertz CT molecular complexity index is 1010. The first kappa shape index (κ1) is 25.4. The molecule has 0 heterocycles. The topological polar surface area (TPSA) is 84.2 Å². The van der Waals surface area contributed by atoms with Crippen molar-refractivity contribution in [2.45, 2.75) is 58.1 Å². The third-order valence-electron chi connectivity index (χ3n) is 5.58. The summed E-state index contributed by atoms with van der Waals surface area (Å²) in [6.45, 7) is 5.69. The van der Waals surface area contributed by atoms with E-state index in [0.29, 0.717) is 23.1 Å². The van der Waals surface area contributed by atoms with Crippen molar-refractivity contribution in [3.05, 3.63) is 77.4 Å². The Kier molecular flexibility index (Phi) is 9.67. The second-order valence-corrected chi connectivity index (χ2v) is 9.88. The summed E-state index contributed by atoms with van der Waals surface area (Å²) >= 11 is 0. The molecule has 2 rings (SSSR count). The van der Waals surface area contributed by atoms with E-state index in [-0.39, 0.29) is 11.5 Å². The molecule has 0 aliphatic heterocycles. The fourth-order valence-corrected chi connectivity index (χ4v) is 4.63. The summed E-state index contributed by atoms with van der Waals surface area (Å²) in [4.78, 5) is 12.9. The van der Waals surface area contributed by atoms with Crippen LogP contribution >= 0.6 is 0 Å². The van der Waals surface area contributed by atoms with Gasteiger partial charge in [-0.3, -0.25) is 0 Å². The maximum atomic E-state index is 12.9. The van der Waals surface area contributed by atoms with E-state index >= 15 is 0 Å². The van der Waals surface area contributed by atoms with E-state index in [1.54, 1.807) is 55.5 Å². The van der Waals surface area contributed by atoms with Crippen molar-refractivity contribution < 1.29 is 17.4 Å². The van der Waals surface area contributed by atoms with Crippen LogP contribution in [0.25, 0.3) is 5.57 Å². The van der Waals surface area contributed by atoms with E-state index in [2.05, 4.69) is 6.92 Å². The molecule has 2 unspecified atom stereocenters. The zero-order chi connectivity index (χ0) is 23.6. The van der Waals surface area contributed by atoms with E-state index in [9.17, 15) is 18.5 Å². The summed E-state index contributed by atoms with van der Waals surface area (Å²) in [6, 6.07) is 19.8. The molecule has 6 heteroatoms. The van der Waals surface area contributed by atoms with E-state index < -0.39 is 21.3 Å². The molecule has 2 aromatic carbocycles. The van der Waals surface area contributed by atoms with Crippen LogP contribution in [0.4, 0.5) is 0 Å². The smallest absolute Gasteiger partial charge is 0.340 e. The largest absolute Gasteiger partial charge is 0.365 e. The minimum atomic E-state index is -4.18. The quantitative estimate of drug-likeness (QED) is 0.241. The molecule has 0 amide bonds. The van der Waals surface area contributed by atoms with Gasteiger partial charge in [-0.15, -0.1) is 0 Å². The van der Waals surface area contributed by atoms with Gasteiger partial charge in [-0.2, -0.15) is 13.7 Å². The number of benzene rings is 2. The molecule has 170 valence electrons. The average molecular weight is 454 g/mol. The van der Waals surface area contributed by atoms with Crippen molar-refractivity contribution >= 4 is 21.7 Å². The summed E-state index contributed by atoms with van der Waals surface area (Å²) in [5, 5.41) is 8.96. The van der Waals surface area contributed by atoms with Crippen LogP contribution in [-0.4, -0.2) is 19.6 Å². The Labute approximate surface area is 191 Å². The van der Waals surface area contributed by atoms with Gasteiger partial charge in [-0.25, -0.2) is 4.79 Å². The first-order valence-corrected chi connectivity index (χ1v) is 12.5. The predicted octanol–water partition coefficient (Wildman–Crippen LogP) is 5.88. The maximum absolute atomic E-state index is 12.9. The van der Waals surface area contributed by atoms with Crippen LogP contribution in [0, 0.1) is 17.2 Å². The second kappa shape index (κ2) is 12.2. The molecule has 5 nitrogen and oxygen atoms in total. The van der Waals surface area contributed by atoms with E-state index in [4.69, 9.17) is 4.18 Å². The van der Waals surface area contributed by atoms with Crippen LogP contribution in [0.15, 0.2) is 66.2 Å². The average Bonchev–Trinajstić information content (AvgIpc) is 2.80. The lowest BCUT2D eigenvalue weighted by Crippen LogP contribution is -2.26. The van der Waals surface area contributed by atoms with Gasteiger partial charge in [0.25, 0.3) is 0 Å². The lowest BCUT2D eigenvalue weighted by molar-refractivity contribution is -0.129. The van der Waals surface area contributed by atoms with Crippen LogP contribution in [0.1, 0.15) is 64.0 Å². The van der Waals surface area contributed by atoms with Crippen LogP contribution < -0.4 is 0 Å². The van der Waals surface area contributed by atoms with Crippen molar-refractivity contribution in [1.82, 2.24) is 0 Å². The van der Waals surface area contributed by atoms with Crippen LogP contribution in [0.3, 0.4) is 0 Å². The molecule has 0 saturated heterocycles. The van der Waals surface area contributed by atoms with Gasteiger partial charge >= 0.3 is 16.1 Å². The number of carbonyl (C=O) groups is 1. The molecule has 0 radical (unpaired) electrons. The molecule has 2 aromatic rings. The van der Waals surface area contributed by atoms with Gasteiger partial charge < -0.3 is 4.18 Å². The summed E-state index contributed by atoms with van der Waals surface area (Å²) in [6.07, 6.45) is 4.30. The first-order chi connectivity index (χ1) is 15.3. The van der Waals surface area contributed by atoms with Crippen molar-refractivity contribution in [2.24, 2.45) is 5.92 Å². The molecule has 0 aromatic heterocycles. The molecule has 0 aliphatic carbocycles. The summed E-state index contributed by atoms with van der Waals surface area (Å²) in [5.41, 5.74) is 1.26. The Morgan fingerprint density at radius 1 is 1.00 bits per heavy atom. The van der Waals surface area contributed by atoms with Gasteiger partial charge in [0.05, 0.1) is 5.25 Å². The molecule has 0 fully saturated rings. The van der Waals surface area contributed by atoms with Gasteiger partial charge in [0, 0.05) is 5.57 Å². The number of nitriles is 1. The monoisotopic (exact) mass is 453 g/mol. The van der Waals surface area contributed by atoms with Crippen LogP contribution in [-0.2, 0) is 19.1 Å². The molecule has 0 aliphatic rings. The second-order valence-electron chi connectivity index (χ2n) is 7.92. The highest BCUT2D eigenvalue weighted by Gasteiger charge is 2.30. The van der Waals surface area contributed by atoms with Gasteiger partial charge in [0.15, 0.2) is 0 Å². The van der Waals surface area contributed by atoms with E-state index in [0.717, 1.165) is 25.7 Å². The highest BCUT2D eigenvalue weighted by Crippen LogP contribution is 2.29. The number of hydrogen-bond donors (Lipinski definition) is 0. The summed E-state index contributed by atoms with van der Waals surface area (Å²) in [5.74, 6) is -0.905. The molecular weight excluding hydrogens is 422 g/mol. The zero-order valence-corrected chi connectivity index (χ0v) is 19.8. The predicted molar refractivity (Wildman–Crippen MR) is 127 cm³/mol. The zero-order valence-electron chi connectivity index (χ0n) is 19.0. The lowest BCUT2D eigenvalue weighted by atomic mass is 9.93. The molecule has 32 heavy (non-hydrogen) atoms. The number of unbranched alkanes of at least 4 members (excludes halogenated alkanes) is 1. The minimum absolute atomic E-state index is 0.244. The maximum Gasteiger partial charge on any atom is 0.365 e. The third-order valence-corrected chi connectivity index (χ3v) is 7.15. The highest BCUT2D eigenvalue weighted by atomic mass is 32.2. The first-order valence-electron chi connectivity index (χ1n) is 11.1. The van der Waals surface area contributed by atoms with Gasteiger partial charge in [0.2, 0.25) is 0 Å². The van der Waals surface area contributed by atoms with Gasteiger partial charge in [-0.1, -0.05) is 100 Å². The minimum Gasteiger partial charge on any atom is -0.340 e. The normalized spacial score (nSPS) is 12.9. The fourth-order valence-electron chi connectivity index (χ4n) is 3.67. The molecular formula is C26H31NO4S. The van der Waals surface area contributed by atoms with Crippen LogP contribution in [0.5, 0.6) is 0 Å². The van der Waals surface area contributed by atoms with Crippen molar-refractivity contribution in [3.8, 4) is 6.07 Å².